The first kappa shape index (κ1) is 13.1. The third-order valence-electron chi connectivity index (χ3n) is 4.21. The Morgan fingerprint density at radius 3 is 2.67 bits per heavy atom. The van der Waals surface area contributed by atoms with Crippen molar-refractivity contribution in [2.24, 2.45) is 5.92 Å². The Kier molecular flexibility index (Phi) is 2.81. The van der Waals surface area contributed by atoms with Gasteiger partial charge in [-0.2, -0.15) is 0 Å². The van der Waals surface area contributed by atoms with Gasteiger partial charge in [-0.3, -0.25) is 0 Å². The quantitative estimate of drug-likeness (QED) is 0.751. The lowest BCUT2D eigenvalue weighted by atomic mass is 9.74. The number of aliphatic hydroxyl groups is 1. The molecule has 2 rings (SSSR count). The summed E-state index contributed by atoms with van der Waals surface area (Å²) in [4.78, 5) is 11.2. The summed E-state index contributed by atoms with van der Waals surface area (Å²) < 4.78 is 5.72. The average Bonchev–Trinajstić information content (AvgIpc) is 2.25. The molecule has 100 valence electrons. The number of hydrogen-bond acceptors (Lipinski definition) is 3. The van der Waals surface area contributed by atoms with Crippen molar-refractivity contribution in [1.82, 2.24) is 0 Å². The van der Waals surface area contributed by atoms with E-state index in [1.165, 1.54) is 0 Å². The second-order valence-corrected chi connectivity index (χ2v) is 5.77. The standard InChI is InChI=1S/C14H20O4/c1-8-7-13(3,17)9(2)10-5-6-14(4,12(15)16)18-11(8)10/h7,9,17H,5-6H2,1-4H3,(H,15,16). The number of hydrogen-bond donors (Lipinski definition) is 2. The van der Waals surface area contributed by atoms with Crippen LogP contribution < -0.4 is 0 Å². The van der Waals surface area contributed by atoms with E-state index < -0.39 is 17.2 Å². The minimum absolute atomic E-state index is 0.0467. The molecule has 0 saturated heterocycles. The van der Waals surface area contributed by atoms with Crippen molar-refractivity contribution >= 4 is 5.97 Å². The van der Waals surface area contributed by atoms with Crippen LogP contribution in [-0.4, -0.2) is 27.4 Å². The lowest BCUT2D eigenvalue weighted by Gasteiger charge is -2.42. The van der Waals surface area contributed by atoms with Gasteiger partial charge in [0.2, 0.25) is 5.60 Å². The van der Waals surface area contributed by atoms with E-state index >= 15 is 0 Å². The number of aliphatic carboxylic acids is 1. The van der Waals surface area contributed by atoms with Crippen molar-refractivity contribution < 1.29 is 19.7 Å². The molecule has 1 aliphatic carbocycles. The van der Waals surface area contributed by atoms with Crippen LogP contribution in [0.1, 0.15) is 40.5 Å². The molecule has 4 heteroatoms. The molecule has 0 saturated carbocycles. The summed E-state index contributed by atoms with van der Waals surface area (Å²) in [7, 11) is 0. The van der Waals surface area contributed by atoms with Gasteiger partial charge in [0.05, 0.1) is 5.60 Å². The summed E-state index contributed by atoms with van der Waals surface area (Å²) in [5.74, 6) is -0.327. The molecule has 4 nitrogen and oxygen atoms in total. The summed E-state index contributed by atoms with van der Waals surface area (Å²) in [5.41, 5.74) is -0.195. The van der Waals surface area contributed by atoms with Gasteiger partial charge in [-0.1, -0.05) is 6.92 Å². The van der Waals surface area contributed by atoms with Crippen LogP contribution in [0, 0.1) is 5.92 Å². The third kappa shape index (κ3) is 1.85. The van der Waals surface area contributed by atoms with E-state index in [1.54, 1.807) is 19.9 Å². The number of carboxylic acids is 1. The molecule has 0 spiro atoms. The van der Waals surface area contributed by atoms with Crippen molar-refractivity contribution in [3.63, 3.8) is 0 Å². The molecule has 0 aromatic carbocycles. The molecular formula is C14H20O4. The average molecular weight is 252 g/mol. The van der Waals surface area contributed by atoms with Gasteiger partial charge in [0, 0.05) is 12.3 Å². The number of carboxylic acid groups (broad SMARTS) is 1. The Morgan fingerprint density at radius 2 is 2.11 bits per heavy atom. The van der Waals surface area contributed by atoms with Gasteiger partial charge in [0.1, 0.15) is 5.76 Å². The Hall–Kier alpha value is -1.29. The number of allylic oxidation sites excluding steroid dienone is 1. The molecule has 18 heavy (non-hydrogen) atoms. The first-order valence-corrected chi connectivity index (χ1v) is 6.25. The van der Waals surface area contributed by atoms with Crippen LogP contribution in [0.5, 0.6) is 0 Å². The van der Waals surface area contributed by atoms with Crippen LogP contribution in [-0.2, 0) is 9.53 Å². The molecule has 3 atom stereocenters. The van der Waals surface area contributed by atoms with Crippen LogP contribution in [0.15, 0.2) is 23.0 Å². The molecule has 0 radical (unpaired) electrons. The molecule has 1 heterocycles. The molecule has 3 unspecified atom stereocenters. The van der Waals surface area contributed by atoms with Crippen molar-refractivity contribution in [2.45, 2.75) is 51.7 Å². The predicted molar refractivity (Wildman–Crippen MR) is 66.9 cm³/mol. The van der Waals surface area contributed by atoms with Crippen LogP contribution in [0.4, 0.5) is 0 Å². The number of rotatable bonds is 1. The maximum atomic E-state index is 11.2. The highest BCUT2D eigenvalue weighted by Gasteiger charge is 2.45. The van der Waals surface area contributed by atoms with Crippen LogP contribution in [0.25, 0.3) is 0 Å². The monoisotopic (exact) mass is 252 g/mol. The van der Waals surface area contributed by atoms with E-state index in [4.69, 9.17) is 4.74 Å². The highest BCUT2D eigenvalue weighted by molar-refractivity contribution is 5.77. The van der Waals surface area contributed by atoms with E-state index in [0.717, 1.165) is 11.1 Å². The van der Waals surface area contributed by atoms with Crippen molar-refractivity contribution in [3.05, 3.63) is 23.0 Å². The molecule has 2 aliphatic rings. The van der Waals surface area contributed by atoms with Crippen LogP contribution in [0.2, 0.25) is 0 Å². The molecule has 2 N–H and O–H groups in total. The molecular weight excluding hydrogens is 232 g/mol. The van der Waals surface area contributed by atoms with Gasteiger partial charge < -0.3 is 14.9 Å². The largest absolute Gasteiger partial charge is 0.478 e. The zero-order valence-corrected chi connectivity index (χ0v) is 11.3. The van der Waals surface area contributed by atoms with E-state index in [0.29, 0.717) is 18.6 Å². The highest BCUT2D eigenvalue weighted by atomic mass is 16.5. The minimum atomic E-state index is -1.16. The normalized spacial score (nSPS) is 39.8. The van der Waals surface area contributed by atoms with E-state index in [1.807, 2.05) is 13.8 Å². The summed E-state index contributed by atoms with van der Waals surface area (Å²) in [6.07, 6.45) is 2.85. The maximum absolute atomic E-state index is 11.2. The fourth-order valence-corrected chi connectivity index (χ4v) is 2.71. The third-order valence-corrected chi connectivity index (χ3v) is 4.21. The summed E-state index contributed by atoms with van der Waals surface area (Å²) >= 11 is 0. The second kappa shape index (κ2) is 3.85. The van der Waals surface area contributed by atoms with Crippen molar-refractivity contribution in [3.8, 4) is 0 Å². The van der Waals surface area contributed by atoms with Crippen molar-refractivity contribution in [2.75, 3.05) is 0 Å². The fourth-order valence-electron chi connectivity index (χ4n) is 2.71. The molecule has 0 aromatic heterocycles. The Morgan fingerprint density at radius 1 is 1.50 bits per heavy atom. The van der Waals surface area contributed by atoms with Crippen molar-refractivity contribution in [1.29, 1.82) is 0 Å². The smallest absolute Gasteiger partial charge is 0.347 e. The Labute approximate surface area is 107 Å². The lowest BCUT2D eigenvalue weighted by Crippen LogP contribution is -2.45. The summed E-state index contributed by atoms with van der Waals surface area (Å²) in [5, 5.41) is 19.5. The number of carbonyl (C=O) groups is 1. The fraction of sp³-hybridized carbons (Fsp3) is 0.643. The zero-order chi connectivity index (χ0) is 13.7. The topological polar surface area (TPSA) is 66.8 Å². The Bertz CT molecular complexity index is 458. The Balaban J connectivity index is 2.42. The number of ether oxygens (including phenoxy) is 1. The zero-order valence-electron chi connectivity index (χ0n) is 11.3. The van der Waals surface area contributed by atoms with Gasteiger partial charge in [0.25, 0.3) is 0 Å². The molecule has 0 aromatic rings. The van der Waals surface area contributed by atoms with Crippen LogP contribution in [0.3, 0.4) is 0 Å². The molecule has 1 aliphatic heterocycles. The summed E-state index contributed by atoms with van der Waals surface area (Å²) in [6, 6.07) is 0. The first-order valence-electron chi connectivity index (χ1n) is 6.25. The predicted octanol–water partition coefficient (Wildman–Crippen LogP) is 2.24. The maximum Gasteiger partial charge on any atom is 0.347 e. The van der Waals surface area contributed by atoms with Crippen LogP contribution >= 0.6 is 0 Å². The lowest BCUT2D eigenvalue weighted by molar-refractivity contribution is -0.161. The van der Waals surface area contributed by atoms with E-state index in [-0.39, 0.29) is 5.92 Å². The van der Waals surface area contributed by atoms with Gasteiger partial charge in [-0.15, -0.1) is 0 Å². The van der Waals surface area contributed by atoms with Gasteiger partial charge >= 0.3 is 5.97 Å². The first-order chi connectivity index (χ1) is 8.17. The minimum Gasteiger partial charge on any atom is -0.478 e. The molecule has 0 amide bonds. The SMILES string of the molecule is CC1=CC(C)(O)C(C)C2=C1OC(C)(C(=O)O)CC2. The second-order valence-electron chi connectivity index (χ2n) is 5.77. The van der Waals surface area contributed by atoms with E-state index in [9.17, 15) is 15.0 Å². The van der Waals surface area contributed by atoms with Gasteiger partial charge in [-0.05, 0) is 44.4 Å². The van der Waals surface area contributed by atoms with Gasteiger partial charge in [-0.25, -0.2) is 4.79 Å². The summed E-state index contributed by atoms with van der Waals surface area (Å²) in [6.45, 7) is 7.17. The highest BCUT2D eigenvalue weighted by Crippen LogP contribution is 2.44. The molecule has 0 bridgehead atoms. The molecule has 0 fully saturated rings. The van der Waals surface area contributed by atoms with Gasteiger partial charge in [0.15, 0.2) is 0 Å². The van der Waals surface area contributed by atoms with E-state index in [2.05, 4.69) is 0 Å².